The highest BCUT2D eigenvalue weighted by Gasteiger charge is 2.21. The van der Waals surface area contributed by atoms with Gasteiger partial charge in [-0.2, -0.15) is 5.10 Å². The summed E-state index contributed by atoms with van der Waals surface area (Å²) in [4.78, 5) is 25.8. The normalized spacial score (nSPS) is 11.9. The van der Waals surface area contributed by atoms with E-state index in [0.717, 1.165) is 10.9 Å². The minimum Gasteiger partial charge on any atom is -0.324 e. The second-order valence-electron chi connectivity index (χ2n) is 7.08. The Morgan fingerprint density at radius 1 is 1.00 bits per heavy atom. The van der Waals surface area contributed by atoms with Crippen LogP contribution in [0.15, 0.2) is 83.7 Å². The third kappa shape index (κ3) is 3.98. The second kappa shape index (κ2) is 8.29. The van der Waals surface area contributed by atoms with Crippen molar-refractivity contribution in [1.29, 1.82) is 0 Å². The molecular formula is C24H20FN3O2. The SMILES string of the molecule is C[C@H](C(=O)Nc1cccc(F)c1)n1nc(Cc2ccccc2)c2ccccc2c1=O. The van der Waals surface area contributed by atoms with Crippen molar-refractivity contribution in [2.24, 2.45) is 0 Å². The van der Waals surface area contributed by atoms with Crippen LogP contribution in [-0.4, -0.2) is 15.7 Å². The lowest BCUT2D eigenvalue weighted by Gasteiger charge is -2.17. The van der Waals surface area contributed by atoms with Crippen LogP contribution in [0.2, 0.25) is 0 Å². The van der Waals surface area contributed by atoms with E-state index in [-0.39, 0.29) is 5.56 Å². The van der Waals surface area contributed by atoms with Gasteiger partial charge in [0.05, 0.1) is 11.1 Å². The summed E-state index contributed by atoms with van der Waals surface area (Å²) < 4.78 is 14.6. The number of fused-ring (bicyclic) bond motifs is 1. The number of benzene rings is 3. The van der Waals surface area contributed by atoms with Crippen LogP contribution in [0.1, 0.15) is 24.2 Å². The summed E-state index contributed by atoms with van der Waals surface area (Å²) in [5.74, 6) is -0.900. The van der Waals surface area contributed by atoms with Gasteiger partial charge in [0.2, 0.25) is 5.91 Å². The van der Waals surface area contributed by atoms with Gasteiger partial charge in [0.1, 0.15) is 11.9 Å². The van der Waals surface area contributed by atoms with Gasteiger partial charge in [0.15, 0.2) is 0 Å². The molecule has 1 amide bonds. The molecule has 0 bridgehead atoms. The highest BCUT2D eigenvalue weighted by atomic mass is 19.1. The Morgan fingerprint density at radius 2 is 1.70 bits per heavy atom. The van der Waals surface area contributed by atoms with Crippen LogP contribution >= 0.6 is 0 Å². The minimum absolute atomic E-state index is 0.324. The first-order valence-electron chi connectivity index (χ1n) is 9.64. The molecule has 30 heavy (non-hydrogen) atoms. The monoisotopic (exact) mass is 401 g/mol. The number of halogens is 1. The number of hydrogen-bond donors (Lipinski definition) is 1. The molecule has 1 N–H and O–H groups in total. The van der Waals surface area contributed by atoms with Crippen LogP contribution in [0.5, 0.6) is 0 Å². The number of nitrogens with one attached hydrogen (secondary N) is 1. The van der Waals surface area contributed by atoms with Crippen LogP contribution in [0.3, 0.4) is 0 Å². The highest BCUT2D eigenvalue weighted by Crippen LogP contribution is 2.19. The molecule has 0 saturated heterocycles. The first-order chi connectivity index (χ1) is 14.5. The lowest BCUT2D eigenvalue weighted by Crippen LogP contribution is -2.34. The second-order valence-corrected chi connectivity index (χ2v) is 7.08. The molecule has 0 saturated carbocycles. The van der Waals surface area contributed by atoms with Crippen molar-refractivity contribution < 1.29 is 9.18 Å². The summed E-state index contributed by atoms with van der Waals surface area (Å²) in [6.07, 6.45) is 0.528. The molecule has 0 radical (unpaired) electrons. The van der Waals surface area contributed by atoms with Crippen LogP contribution < -0.4 is 10.9 Å². The molecule has 5 nitrogen and oxygen atoms in total. The van der Waals surface area contributed by atoms with Gasteiger partial charge in [-0.15, -0.1) is 0 Å². The summed E-state index contributed by atoms with van der Waals surface area (Å²) >= 11 is 0. The number of rotatable bonds is 5. The quantitative estimate of drug-likeness (QED) is 0.542. The van der Waals surface area contributed by atoms with Gasteiger partial charge < -0.3 is 5.32 Å². The van der Waals surface area contributed by atoms with Gasteiger partial charge in [-0.3, -0.25) is 9.59 Å². The Hall–Kier alpha value is -3.80. The molecule has 0 aliphatic carbocycles. The van der Waals surface area contributed by atoms with Crippen molar-refractivity contribution in [1.82, 2.24) is 9.78 Å². The topological polar surface area (TPSA) is 64.0 Å². The molecule has 0 aliphatic rings. The van der Waals surface area contributed by atoms with E-state index in [0.29, 0.717) is 23.2 Å². The fraction of sp³-hybridized carbons (Fsp3) is 0.125. The van der Waals surface area contributed by atoms with Crippen LogP contribution in [-0.2, 0) is 11.2 Å². The van der Waals surface area contributed by atoms with Crippen molar-refractivity contribution in [2.75, 3.05) is 5.32 Å². The number of aromatic nitrogens is 2. The Labute approximate surface area is 172 Å². The number of amides is 1. The summed E-state index contributed by atoms with van der Waals surface area (Å²) in [6, 6.07) is 21.8. The van der Waals surface area contributed by atoms with E-state index in [4.69, 9.17) is 0 Å². The van der Waals surface area contributed by atoms with Gasteiger partial charge in [0, 0.05) is 17.5 Å². The van der Waals surface area contributed by atoms with E-state index in [1.54, 1.807) is 25.1 Å². The molecule has 6 heteroatoms. The summed E-state index contributed by atoms with van der Waals surface area (Å²) in [7, 11) is 0. The fourth-order valence-corrected chi connectivity index (χ4v) is 3.38. The maximum absolute atomic E-state index is 13.4. The zero-order valence-electron chi connectivity index (χ0n) is 16.4. The van der Waals surface area contributed by atoms with E-state index in [1.165, 1.54) is 22.9 Å². The highest BCUT2D eigenvalue weighted by molar-refractivity contribution is 5.93. The molecular weight excluding hydrogens is 381 g/mol. The first-order valence-corrected chi connectivity index (χ1v) is 9.64. The van der Waals surface area contributed by atoms with Gasteiger partial charge in [-0.25, -0.2) is 9.07 Å². The molecule has 3 aromatic carbocycles. The Bertz CT molecular complexity index is 1270. The molecule has 1 atom stereocenters. The number of hydrogen-bond acceptors (Lipinski definition) is 3. The van der Waals surface area contributed by atoms with Gasteiger partial charge in [-0.1, -0.05) is 54.6 Å². The van der Waals surface area contributed by atoms with Crippen molar-refractivity contribution in [2.45, 2.75) is 19.4 Å². The fourth-order valence-electron chi connectivity index (χ4n) is 3.38. The third-order valence-electron chi connectivity index (χ3n) is 4.96. The largest absolute Gasteiger partial charge is 0.324 e. The average Bonchev–Trinajstić information content (AvgIpc) is 2.76. The summed E-state index contributed by atoms with van der Waals surface area (Å²) in [5, 5.41) is 8.46. The van der Waals surface area contributed by atoms with E-state index < -0.39 is 17.8 Å². The molecule has 1 heterocycles. The van der Waals surface area contributed by atoms with Gasteiger partial charge >= 0.3 is 0 Å². The van der Waals surface area contributed by atoms with Gasteiger partial charge in [-0.05, 0) is 36.8 Å². The van der Waals surface area contributed by atoms with E-state index in [2.05, 4.69) is 10.4 Å². The number of nitrogens with zero attached hydrogens (tertiary/aromatic N) is 2. The maximum Gasteiger partial charge on any atom is 0.275 e. The molecule has 0 unspecified atom stereocenters. The standard InChI is InChI=1S/C24H20FN3O2/c1-16(23(29)26-19-11-7-10-18(25)15-19)28-24(30)21-13-6-5-12-20(21)22(27-28)14-17-8-3-2-4-9-17/h2-13,15-16H,14H2,1H3,(H,26,29)/t16-/m1/s1. The zero-order chi connectivity index (χ0) is 21.1. The Morgan fingerprint density at radius 3 is 2.43 bits per heavy atom. The molecule has 4 rings (SSSR count). The van der Waals surface area contributed by atoms with Crippen LogP contribution in [0.25, 0.3) is 10.8 Å². The molecule has 0 spiro atoms. The lowest BCUT2D eigenvalue weighted by molar-refractivity contribution is -0.119. The summed E-state index contributed by atoms with van der Waals surface area (Å²) in [6.45, 7) is 1.60. The molecule has 0 aliphatic heterocycles. The molecule has 1 aromatic heterocycles. The number of carbonyl (C=O) groups is 1. The molecule has 4 aromatic rings. The number of carbonyl (C=O) groups excluding carboxylic acids is 1. The summed E-state index contributed by atoms with van der Waals surface area (Å²) in [5.41, 5.74) is 1.74. The molecule has 150 valence electrons. The van der Waals surface area contributed by atoms with Crippen LogP contribution in [0.4, 0.5) is 10.1 Å². The van der Waals surface area contributed by atoms with Gasteiger partial charge in [0.25, 0.3) is 5.56 Å². The smallest absolute Gasteiger partial charge is 0.275 e. The van der Waals surface area contributed by atoms with Crippen molar-refractivity contribution in [3.63, 3.8) is 0 Å². The average molecular weight is 401 g/mol. The first kappa shape index (κ1) is 19.5. The van der Waals surface area contributed by atoms with Crippen LogP contribution in [0, 0.1) is 5.82 Å². The van der Waals surface area contributed by atoms with E-state index in [1.807, 2.05) is 42.5 Å². The lowest BCUT2D eigenvalue weighted by atomic mass is 10.0. The predicted molar refractivity (Wildman–Crippen MR) is 115 cm³/mol. The molecule has 0 fully saturated rings. The maximum atomic E-state index is 13.4. The number of anilines is 1. The van der Waals surface area contributed by atoms with E-state index >= 15 is 0 Å². The third-order valence-corrected chi connectivity index (χ3v) is 4.96. The van der Waals surface area contributed by atoms with Crippen molar-refractivity contribution >= 4 is 22.4 Å². The predicted octanol–water partition coefficient (Wildman–Crippen LogP) is 4.33. The minimum atomic E-state index is -0.875. The van der Waals surface area contributed by atoms with Crippen molar-refractivity contribution in [3.8, 4) is 0 Å². The Balaban J connectivity index is 1.73. The van der Waals surface area contributed by atoms with E-state index in [9.17, 15) is 14.0 Å². The van der Waals surface area contributed by atoms with Crippen molar-refractivity contribution in [3.05, 3.63) is 106 Å². The zero-order valence-corrected chi connectivity index (χ0v) is 16.4. The Kier molecular flexibility index (Phi) is 5.39.